The van der Waals surface area contributed by atoms with Gasteiger partial charge in [-0.3, -0.25) is 0 Å². The molecule has 0 aromatic heterocycles. The minimum Gasteiger partial charge on any atom is -0.345 e. The van der Waals surface area contributed by atoms with Gasteiger partial charge in [-0.25, -0.2) is 0 Å². The van der Waals surface area contributed by atoms with Crippen molar-refractivity contribution >= 4 is 33.8 Å². The van der Waals surface area contributed by atoms with Crippen molar-refractivity contribution in [3.05, 3.63) is 156 Å². The van der Waals surface area contributed by atoms with E-state index in [1.165, 1.54) is 49.9 Å². The molecule has 0 radical (unpaired) electrons. The van der Waals surface area contributed by atoms with Gasteiger partial charge in [-0.05, 0) is 92.4 Å². The number of hydrogen-bond acceptors (Lipinski definition) is 1. The van der Waals surface area contributed by atoms with Crippen LogP contribution in [0.4, 0.5) is 11.4 Å². The summed E-state index contributed by atoms with van der Waals surface area (Å²) in [6, 6.07) is 29.0. The minimum atomic E-state index is 0.448. The maximum Gasteiger partial charge on any atom is 0.0414 e. The van der Waals surface area contributed by atoms with Crippen molar-refractivity contribution < 1.29 is 0 Å². The van der Waals surface area contributed by atoms with E-state index in [1.54, 1.807) is 0 Å². The summed E-state index contributed by atoms with van der Waals surface area (Å²) >= 11 is 0. The first kappa shape index (κ1) is 24.7. The SMILES string of the molecule is C=C1/C=C\C=C/C/C(c2cccc(N(C)c3ccc(-c4cc5c(c6ccccc46)C=CC5C)cc3)c2)=C\C=C/1. The highest BCUT2D eigenvalue weighted by Gasteiger charge is 2.18. The van der Waals surface area contributed by atoms with Gasteiger partial charge in [0.1, 0.15) is 0 Å². The molecule has 0 saturated carbocycles. The predicted molar refractivity (Wildman–Crippen MR) is 170 cm³/mol. The number of anilines is 2. The average molecular weight is 504 g/mol. The van der Waals surface area contributed by atoms with Crippen molar-refractivity contribution in [3.8, 4) is 11.1 Å². The molecule has 190 valence electrons. The molecule has 0 aliphatic heterocycles. The Labute approximate surface area is 232 Å². The van der Waals surface area contributed by atoms with Crippen LogP contribution in [0.25, 0.3) is 33.5 Å². The van der Waals surface area contributed by atoms with Crippen molar-refractivity contribution in [2.75, 3.05) is 11.9 Å². The Kier molecular flexibility index (Phi) is 6.73. The Hall–Kier alpha value is -4.62. The number of hydrogen-bond donors (Lipinski definition) is 0. The topological polar surface area (TPSA) is 3.24 Å². The number of benzene rings is 4. The zero-order valence-corrected chi connectivity index (χ0v) is 22.6. The summed E-state index contributed by atoms with van der Waals surface area (Å²) in [5.74, 6) is 0.448. The van der Waals surface area contributed by atoms with Crippen LogP contribution in [0.2, 0.25) is 0 Å². The fourth-order valence-electron chi connectivity index (χ4n) is 5.57. The van der Waals surface area contributed by atoms with Gasteiger partial charge in [0.2, 0.25) is 0 Å². The van der Waals surface area contributed by atoms with Gasteiger partial charge in [0, 0.05) is 18.4 Å². The summed E-state index contributed by atoms with van der Waals surface area (Å²) in [5.41, 5.74) is 11.2. The van der Waals surface area contributed by atoms with Gasteiger partial charge in [-0.15, -0.1) is 0 Å². The second-order valence-electron chi connectivity index (χ2n) is 10.4. The second-order valence-corrected chi connectivity index (χ2v) is 10.4. The fraction of sp³-hybridized carbons (Fsp3) is 0.105. The lowest BCUT2D eigenvalue weighted by Gasteiger charge is -2.21. The molecule has 6 rings (SSSR count). The van der Waals surface area contributed by atoms with Gasteiger partial charge in [0.05, 0.1) is 0 Å². The standard InChI is InChI=1S/C38H33N/c1-27-11-5-4-6-13-29(14-9-12-27)31-15-10-16-33(25-31)39(3)32-22-20-30(21-23-32)38-26-37-28(2)19-24-36(37)34-17-7-8-18-35(34)38/h4-12,14-26,28H,1,13H2,2-3H3/b6-4-,11-5-,12-9-,29-14+. The molecule has 1 heteroatoms. The van der Waals surface area contributed by atoms with E-state index in [1.807, 2.05) is 12.2 Å². The van der Waals surface area contributed by atoms with Crippen LogP contribution in [0.3, 0.4) is 0 Å². The number of allylic oxidation sites excluding steroid dienone is 10. The molecule has 1 unspecified atom stereocenters. The molecule has 4 aromatic rings. The molecule has 0 N–H and O–H groups in total. The molecule has 0 saturated heterocycles. The summed E-state index contributed by atoms with van der Waals surface area (Å²) in [4.78, 5) is 2.26. The van der Waals surface area contributed by atoms with Crippen molar-refractivity contribution in [3.63, 3.8) is 0 Å². The number of rotatable bonds is 4. The highest BCUT2D eigenvalue weighted by molar-refractivity contribution is 6.03. The zero-order chi connectivity index (χ0) is 26.8. The van der Waals surface area contributed by atoms with Crippen LogP contribution in [0.5, 0.6) is 0 Å². The lowest BCUT2D eigenvalue weighted by atomic mass is 9.90. The van der Waals surface area contributed by atoms with E-state index < -0.39 is 0 Å². The third-order valence-electron chi connectivity index (χ3n) is 7.83. The molecule has 39 heavy (non-hydrogen) atoms. The third-order valence-corrected chi connectivity index (χ3v) is 7.83. The second kappa shape index (κ2) is 10.6. The molecule has 0 bridgehead atoms. The average Bonchev–Trinajstić information content (AvgIpc) is 3.36. The smallest absolute Gasteiger partial charge is 0.0414 e. The Bertz CT molecular complexity index is 1710. The van der Waals surface area contributed by atoms with E-state index in [0.29, 0.717) is 5.92 Å². The summed E-state index contributed by atoms with van der Waals surface area (Å²) < 4.78 is 0. The summed E-state index contributed by atoms with van der Waals surface area (Å²) in [6.07, 6.45) is 20.2. The van der Waals surface area contributed by atoms with Crippen molar-refractivity contribution in [2.24, 2.45) is 0 Å². The number of nitrogens with zero attached hydrogens (tertiary/aromatic N) is 1. The molecule has 2 aliphatic carbocycles. The molecular weight excluding hydrogens is 470 g/mol. The van der Waals surface area contributed by atoms with Crippen LogP contribution in [-0.4, -0.2) is 7.05 Å². The lowest BCUT2D eigenvalue weighted by Crippen LogP contribution is -2.09. The van der Waals surface area contributed by atoms with E-state index in [2.05, 4.69) is 147 Å². The number of fused-ring (bicyclic) bond motifs is 3. The first-order chi connectivity index (χ1) is 19.1. The van der Waals surface area contributed by atoms with Crippen LogP contribution in [-0.2, 0) is 0 Å². The van der Waals surface area contributed by atoms with Gasteiger partial charge in [-0.2, -0.15) is 0 Å². The molecule has 0 fully saturated rings. The Morgan fingerprint density at radius 3 is 2.38 bits per heavy atom. The zero-order valence-electron chi connectivity index (χ0n) is 22.6. The quantitative estimate of drug-likeness (QED) is 0.268. The highest BCUT2D eigenvalue weighted by atomic mass is 15.1. The van der Waals surface area contributed by atoms with E-state index in [-0.39, 0.29) is 0 Å². The van der Waals surface area contributed by atoms with Crippen molar-refractivity contribution in [1.82, 2.24) is 0 Å². The molecule has 0 heterocycles. The van der Waals surface area contributed by atoms with E-state index >= 15 is 0 Å². The largest absolute Gasteiger partial charge is 0.345 e. The molecule has 0 amide bonds. The Morgan fingerprint density at radius 2 is 1.54 bits per heavy atom. The van der Waals surface area contributed by atoms with Crippen LogP contribution >= 0.6 is 0 Å². The van der Waals surface area contributed by atoms with Crippen LogP contribution < -0.4 is 4.90 Å². The maximum atomic E-state index is 4.07. The van der Waals surface area contributed by atoms with Gasteiger partial charge in [0.25, 0.3) is 0 Å². The van der Waals surface area contributed by atoms with Crippen molar-refractivity contribution in [1.29, 1.82) is 0 Å². The van der Waals surface area contributed by atoms with Gasteiger partial charge in [-0.1, -0.05) is 117 Å². The third kappa shape index (κ3) is 4.96. The minimum absolute atomic E-state index is 0.448. The lowest BCUT2D eigenvalue weighted by molar-refractivity contribution is 0.993. The summed E-state index contributed by atoms with van der Waals surface area (Å²) in [5, 5.41) is 2.65. The first-order valence-corrected chi connectivity index (χ1v) is 13.7. The monoisotopic (exact) mass is 503 g/mol. The van der Waals surface area contributed by atoms with E-state index in [0.717, 1.165) is 17.7 Å². The van der Waals surface area contributed by atoms with Gasteiger partial charge >= 0.3 is 0 Å². The molecular formula is C38H33N. The summed E-state index contributed by atoms with van der Waals surface area (Å²) in [6.45, 7) is 6.35. The van der Waals surface area contributed by atoms with E-state index in [4.69, 9.17) is 0 Å². The van der Waals surface area contributed by atoms with Crippen molar-refractivity contribution in [2.45, 2.75) is 19.3 Å². The molecule has 1 atom stereocenters. The molecule has 4 aromatic carbocycles. The molecule has 2 aliphatic rings. The normalized spacial score (nSPS) is 20.2. The van der Waals surface area contributed by atoms with Gasteiger partial charge in [0.15, 0.2) is 0 Å². The Balaban J connectivity index is 1.30. The fourth-order valence-corrected chi connectivity index (χ4v) is 5.57. The van der Waals surface area contributed by atoms with E-state index in [9.17, 15) is 0 Å². The maximum absolute atomic E-state index is 4.07. The first-order valence-electron chi connectivity index (χ1n) is 13.7. The van der Waals surface area contributed by atoms with Crippen LogP contribution in [0.15, 0.2) is 140 Å². The van der Waals surface area contributed by atoms with Crippen LogP contribution in [0.1, 0.15) is 36.0 Å². The van der Waals surface area contributed by atoms with Gasteiger partial charge < -0.3 is 4.90 Å². The Morgan fingerprint density at radius 1 is 0.744 bits per heavy atom. The molecule has 1 nitrogen and oxygen atoms in total. The summed E-state index contributed by atoms with van der Waals surface area (Å²) in [7, 11) is 2.14. The van der Waals surface area contributed by atoms with Crippen LogP contribution in [0, 0.1) is 0 Å². The highest BCUT2D eigenvalue weighted by Crippen LogP contribution is 2.41. The molecule has 0 spiro atoms. The predicted octanol–water partition coefficient (Wildman–Crippen LogP) is 10.4.